The van der Waals surface area contributed by atoms with Crippen molar-refractivity contribution in [2.45, 2.75) is 70.8 Å². The SMILES string of the molecule is C=CC=C=C(CCCCC)CCCCCC(N)C=C. The molecule has 0 aliphatic rings. The largest absolute Gasteiger partial charge is 0.324 e. The maximum Gasteiger partial charge on any atom is 0.0221 e. The van der Waals surface area contributed by atoms with Crippen LogP contribution in [0, 0.1) is 0 Å². The molecular weight excluding hydrogens is 230 g/mol. The van der Waals surface area contributed by atoms with E-state index in [4.69, 9.17) is 5.73 Å². The molecule has 0 fully saturated rings. The van der Waals surface area contributed by atoms with Crippen molar-refractivity contribution in [1.82, 2.24) is 0 Å². The summed E-state index contributed by atoms with van der Waals surface area (Å²) in [6, 6.07) is 0.167. The Hall–Kier alpha value is -1.04. The molecule has 0 aliphatic carbocycles. The van der Waals surface area contributed by atoms with Crippen molar-refractivity contribution in [3.63, 3.8) is 0 Å². The molecule has 19 heavy (non-hydrogen) atoms. The van der Waals surface area contributed by atoms with E-state index in [1.165, 1.54) is 50.5 Å². The molecule has 0 rings (SSSR count). The van der Waals surface area contributed by atoms with Gasteiger partial charge in [-0.25, -0.2) is 0 Å². The average molecular weight is 261 g/mol. The van der Waals surface area contributed by atoms with Gasteiger partial charge in [0.2, 0.25) is 0 Å². The summed E-state index contributed by atoms with van der Waals surface area (Å²) in [5, 5.41) is 0. The molecule has 108 valence electrons. The molecule has 0 saturated carbocycles. The van der Waals surface area contributed by atoms with Crippen LogP contribution in [-0.2, 0) is 0 Å². The van der Waals surface area contributed by atoms with Gasteiger partial charge in [0.05, 0.1) is 0 Å². The zero-order chi connectivity index (χ0) is 14.3. The lowest BCUT2D eigenvalue weighted by atomic mass is 10.0. The highest BCUT2D eigenvalue weighted by Crippen LogP contribution is 2.16. The van der Waals surface area contributed by atoms with E-state index in [1.807, 2.05) is 18.2 Å². The van der Waals surface area contributed by atoms with Crippen LogP contribution in [0.5, 0.6) is 0 Å². The molecule has 0 amide bonds. The second-order valence-corrected chi connectivity index (χ2v) is 5.11. The van der Waals surface area contributed by atoms with E-state index in [0.29, 0.717) is 0 Å². The Morgan fingerprint density at radius 1 is 1.11 bits per heavy atom. The summed E-state index contributed by atoms with van der Waals surface area (Å²) >= 11 is 0. The summed E-state index contributed by atoms with van der Waals surface area (Å²) in [5.41, 5.74) is 10.6. The van der Waals surface area contributed by atoms with Crippen molar-refractivity contribution >= 4 is 0 Å². The fourth-order valence-corrected chi connectivity index (χ4v) is 2.05. The van der Waals surface area contributed by atoms with Gasteiger partial charge in [-0.1, -0.05) is 51.3 Å². The zero-order valence-electron chi connectivity index (χ0n) is 12.7. The van der Waals surface area contributed by atoms with Gasteiger partial charge in [-0.2, -0.15) is 0 Å². The van der Waals surface area contributed by atoms with Crippen molar-refractivity contribution < 1.29 is 0 Å². The highest BCUT2D eigenvalue weighted by Gasteiger charge is 1.99. The molecular formula is C18H31N. The quantitative estimate of drug-likeness (QED) is 0.219. The van der Waals surface area contributed by atoms with Gasteiger partial charge in [-0.05, 0) is 43.8 Å². The normalized spacial score (nSPS) is 11.5. The topological polar surface area (TPSA) is 26.0 Å². The van der Waals surface area contributed by atoms with Crippen LogP contribution in [0.4, 0.5) is 0 Å². The number of unbranched alkanes of at least 4 members (excludes halogenated alkanes) is 4. The van der Waals surface area contributed by atoms with Gasteiger partial charge in [0, 0.05) is 6.04 Å². The van der Waals surface area contributed by atoms with Gasteiger partial charge in [0.15, 0.2) is 0 Å². The first-order valence-corrected chi connectivity index (χ1v) is 7.68. The van der Waals surface area contributed by atoms with Crippen molar-refractivity contribution in [3.05, 3.63) is 42.7 Å². The number of allylic oxidation sites excluding steroid dienone is 2. The number of hydrogen-bond acceptors (Lipinski definition) is 1. The van der Waals surface area contributed by atoms with Gasteiger partial charge < -0.3 is 5.73 Å². The van der Waals surface area contributed by atoms with Crippen LogP contribution in [0.3, 0.4) is 0 Å². The van der Waals surface area contributed by atoms with E-state index in [0.717, 1.165) is 12.8 Å². The number of nitrogens with two attached hydrogens (primary N) is 1. The Bertz CT molecular complexity index is 295. The van der Waals surface area contributed by atoms with E-state index in [2.05, 4.69) is 25.8 Å². The second kappa shape index (κ2) is 13.4. The lowest BCUT2D eigenvalue weighted by Crippen LogP contribution is -2.15. The van der Waals surface area contributed by atoms with Crippen LogP contribution in [0.2, 0.25) is 0 Å². The first-order valence-electron chi connectivity index (χ1n) is 7.68. The first-order chi connectivity index (χ1) is 9.24. The lowest BCUT2D eigenvalue weighted by molar-refractivity contribution is 0.596. The number of rotatable bonds is 12. The lowest BCUT2D eigenvalue weighted by Gasteiger charge is -2.07. The fraction of sp³-hybridized carbons (Fsp3) is 0.611. The third kappa shape index (κ3) is 11.8. The Morgan fingerprint density at radius 2 is 1.79 bits per heavy atom. The number of hydrogen-bond donors (Lipinski definition) is 1. The highest BCUT2D eigenvalue weighted by atomic mass is 14.6. The summed E-state index contributed by atoms with van der Waals surface area (Å²) in [6.07, 6.45) is 16.5. The predicted octanol–water partition coefficient (Wildman–Crippen LogP) is 5.30. The average Bonchev–Trinajstić information content (AvgIpc) is 2.43. The highest BCUT2D eigenvalue weighted by molar-refractivity contribution is 5.07. The van der Waals surface area contributed by atoms with Gasteiger partial charge in [0.1, 0.15) is 0 Å². The van der Waals surface area contributed by atoms with E-state index < -0.39 is 0 Å². The predicted molar refractivity (Wildman–Crippen MR) is 87.2 cm³/mol. The fourth-order valence-electron chi connectivity index (χ4n) is 2.05. The maximum atomic E-state index is 5.81. The van der Waals surface area contributed by atoms with Gasteiger partial charge >= 0.3 is 0 Å². The van der Waals surface area contributed by atoms with Crippen LogP contribution in [-0.4, -0.2) is 6.04 Å². The van der Waals surface area contributed by atoms with Crippen molar-refractivity contribution in [1.29, 1.82) is 0 Å². The molecule has 2 N–H and O–H groups in total. The van der Waals surface area contributed by atoms with Crippen molar-refractivity contribution in [3.8, 4) is 0 Å². The molecule has 1 unspecified atom stereocenters. The minimum Gasteiger partial charge on any atom is -0.324 e. The summed E-state index contributed by atoms with van der Waals surface area (Å²) < 4.78 is 0. The van der Waals surface area contributed by atoms with Gasteiger partial charge in [-0.15, -0.1) is 12.3 Å². The van der Waals surface area contributed by atoms with Crippen LogP contribution in [0.15, 0.2) is 42.7 Å². The smallest absolute Gasteiger partial charge is 0.0221 e. The minimum absolute atomic E-state index is 0.167. The van der Waals surface area contributed by atoms with Crippen molar-refractivity contribution in [2.24, 2.45) is 5.73 Å². The van der Waals surface area contributed by atoms with E-state index >= 15 is 0 Å². The monoisotopic (exact) mass is 261 g/mol. The molecule has 0 aromatic rings. The minimum atomic E-state index is 0.167. The Labute approximate surface area is 120 Å². The molecule has 0 saturated heterocycles. The Morgan fingerprint density at radius 3 is 2.37 bits per heavy atom. The molecule has 0 aromatic carbocycles. The maximum absolute atomic E-state index is 5.81. The Kier molecular flexibility index (Phi) is 12.7. The standard InChI is InChI=1S/C18H31N/c1-4-7-10-14-17(13-8-5-2)15-11-9-12-16-18(19)6-3/h5-6,8,18H,2-4,7,9-12,14-16,19H2,1H3. The third-order valence-corrected chi connectivity index (χ3v) is 3.31. The molecule has 1 nitrogen and oxygen atoms in total. The summed E-state index contributed by atoms with van der Waals surface area (Å²) in [7, 11) is 0. The summed E-state index contributed by atoms with van der Waals surface area (Å²) in [6.45, 7) is 9.67. The van der Waals surface area contributed by atoms with Crippen LogP contribution in [0.1, 0.15) is 64.7 Å². The van der Waals surface area contributed by atoms with E-state index in [1.54, 1.807) is 0 Å². The van der Waals surface area contributed by atoms with Gasteiger partial charge in [-0.3, -0.25) is 0 Å². The molecule has 0 bridgehead atoms. The van der Waals surface area contributed by atoms with Crippen LogP contribution >= 0.6 is 0 Å². The molecule has 0 spiro atoms. The molecule has 0 heterocycles. The zero-order valence-corrected chi connectivity index (χ0v) is 12.7. The van der Waals surface area contributed by atoms with Crippen LogP contribution < -0.4 is 5.73 Å². The van der Waals surface area contributed by atoms with Crippen LogP contribution in [0.25, 0.3) is 0 Å². The summed E-state index contributed by atoms with van der Waals surface area (Å²) in [4.78, 5) is 0. The third-order valence-electron chi connectivity index (χ3n) is 3.31. The van der Waals surface area contributed by atoms with E-state index in [9.17, 15) is 0 Å². The molecule has 1 atom stereocenters. The summed E-state index contributed by atoms with van der Waals surface area (Å²) in [5.74, 6) is 0. The van der Waals surface area contributed by atoms with Crippen molar-refractivity contribution in [2.75, 3.05) is 0 Å². The Balaban J connectivity index is 3.89. The second-order valence-electron chi connectivity index (χ2n) is 5.11. The molecule has 0 aromatic heterocycles. The molecule has 1 heteroatoms. The molecule has 0 aliphatic heterocycles. The van der Waals surface area contributed by atoms with E-state index in [-0.39, 0.29) is 6.04 Å². The first kappa shape index (κ1) is 18.0. The molecule has 0 radical (unpaired) electrons. The van der Waals surface area contributed by atoms with Gasteiger partial charge in [0.25, 0.3) is 0 Å².